The molecule has 1 heterocycles. The highest BCUT2D eigenvalue weighted by Crippen LogP contribution is 2.13. The molecule has 0 aliphatic rings. The van der Waals surface area contributed by atoms with Gasteiger partial charge in [0.15, 0.2) is 0 Å². The standard InChI is InChI=1S/C10H11Cl2N/c1-8-6-9(4-2-3-5-11)7-13-10(8)12/h2,4,6-7H,3,5H2,1H3. The van der Waals surface area contributed by atoms with Crippen molar-refractivity contribution in [3.05, 3.63) is 34.6 Å². The van der Waals surface area contributed by atoms with Gasteiger partial charge in [-0.15, -0.1) is 11.6 Å². The number of pyridine rings is 1. The lowest BCUT2D eigenvalue weighted by molar-refractivity contribution is 1.23. The molecule has 0 aromatic carbocycles. The highest BCUT2D eigenvalue weighted by atomic mass is 35.5. The lowest BCUT2D eigenvalue weighted by Gasteiger charge is -1.97. The molecule has 70 valence electrons. The van der Waals surface area contributed by atoms with Crippen LogP contribution in [0.3, 0.4) is 0 Å². The molecular weight excluding hydrogens is 205 g/mol. The number of hydrogen-bond donors (Lipinski definition) is 0. The molecule has 0 amide bonds. The van der Waals surface area contributed by atoms with E-state index in [0.717, 1.165) is 17.5 Å². The molecule has 0 fully saturated rings. The topological polar surface area (TPSA) is 12.9 Å². The Labute approximate surface area is 88.4 Å². The lowest BCUT2D eigenvalue weighted by atomic mass is 10.2. The number of aromatic nitrogens is 1. The largest absolute Gasteiger partial charge is 0.244 e. The molecule has 0 saturated carbocycles. The summed E-state index contributed by atoms with van der Waals surface area (Å²) in [6.07, 6.45) is 6.65. The summed E-state index contributed by atoms with van der Waals surface area (Å²) in [6.45, 7) is 1.94. The summed E-state index contributed by atoms with van der Waals surface area (Å²) in [6, 6.07) is 2.00. The molecule has 0 saturated heterocycles. The molecule has 0 aliphatic carbocycles. The van der Waals surface area contributed by atoms with Crippen molar-refractivity contribution in [2.75, 3.05) is 5.88 Å². The Morgan fingerprint density at radius 1 is 1.54 bits per heavy atom. The SMILES string of the molecule is Cc1cc(C=CCCCl)cnc1Cl. The summed E-state index contributed by atoms with van der Waals surface area (Å²) < 4.78 is 0. The fraction of sp³-hybridized carbons (Fsp3) is 0.300. The third-order valence-corrected chi connectivity index (χ3v) is 2.24. The van der Waals surface area contributed by atoms with Crippen LogP contribution >= 0.6 is 23.2 Å². The minimum atomic E-state index is 0.564. The van der Waals surface area contributed by atoms with Crippen molar-refractivity contribution in [3.8, 4) is 0 Å². The van der Waals surface area contributed by atoms with E-state index >= 15 is 0 Å². The van der Waals surface area contributed by atoms with E-state index in [-0.39, 0.29) is 0 Å². The van der Waals surface area contributed by atoms with E-state index in [0.29, 0.717) is 11.0 Å². The molecule has 0 spiro atoms. The van der Waals surface area contributed by atoms with E-state index in [1.54, 1.807) is 6.20 Å². The molecule has 0 unspecified atom stereocenters. The quantitative estimate of drug-likeness (QED) is 0.554. The maximum absolute atomic E-state index is 5.79. The summed E-state index contributed by atoms with van der Waals surface area (Å²) in [5.74, 6) is 0.649. The second kappa shape index (κ2) is 5.25. The van der Waals surface area contributed by atoms with Gasteiger partial charge in [0.2, 0.25) is 0 Å². The van der Waals surface area contributed by atoms with Gasteiger partial charge in [0.05, 0.1) is 0 Å². The van der Waals surface area contributed by atoms with Crippen LogP contribution in [0, 0.1) is 6.92 Å². The first-order chi connectivity index (χ1) is 6.24. The highest BCUT2D eigenvalue weighted by Gasteiger charge is 1.95. The fourth-order valence-corrected chi connectivity index (χ4v) is 1.18. The molecule has 1 nitrogen and oxygen atoms in total. The van der Waals surface area contributed by atoms with Gasteiger partial charge in [0, 0.05) is 12.1 Å². The average Bonchev–Trinajstić information content (AvgIpc) is 2.12. The number of hydrogen-bond acceptors (Lipinski definition) is 1. The van der Waals surface area contributed by atoms with Gasteiger partial charge in [-0.25, -0.2) is 4.98 Å². The van der Waals surface area contributed by atoms with Gasteiger partial charge in [-0.05, 0) is 30.5 Å². The number of allylic oxidation sites excluding steroid dienone is 1. The number of nitrogens with zero attached hydrogens (tertiary/aromatic N) is 1. The van der Waals surface area contributed by atoms with Crippen LogP contribution in [0.2, 0.25) is 5.15 Å². The molecule has 1 aromatic rings. The zero-order valence-corrected chi connectivity index (χ0v) is 8.94. The molecule has 1 aromatic heterocycles. The monoisotopic (exact) mass is 215 g/mol. The van der Waals surface area contributed by atoms with E-state index in [1.165, 1.54) is 0 Å². The molecular formula is C10H11Cl2N. The van der Waals surface area contributed by atoms with Crippen molar-refractivity contribution >= 4 is 29.3 Å². The Balaban J connectivity index is 2.73. The Hall–Kier alpha value is -0.530. The number of alkyl halides is 1. The van der Waals surface area contributed by atoms with E-state index in [2.05, 4.69) is 4.98 Å². The van der Waals surface area contributed by atoms with Crippen LogP contribution in [0.25, 0.3) is 6.08 Å². The average molecular weight is 216 g/mol. The normalized spacial score (nSPS) is 11.0. The highest BCUT2D eigenvalue weighted by molar-refractivity contribution is 6.30. The van der Waals surface area contributed by atoms with Gasteiger partial charge >= 0.3 is 0 Å². The molecule has 0 aliphatic heterocycles. The van der Waals surface area contributed by atoms with Crippen molar-refractivity contribution in [2.45, 2.75) is 13.3 Å². The van der Waals surface area contributed by atoms with Crippen LogP contribution in [-0.4, -0.2) is 10.9 Å². The van der Waals surface area contributed by atoms with Gasteiger partial charge in [-0.2, -0.15) is 0 Å². The predicted octanol–water partition coefficient (Wildman–Crippen LogP) is 3.69. The van der Waals surface area contributed by atoms with Crippen LogP contribution in [0.15, 0.2) is 18.3 Å². The Morgan fingerprint density at radius 3 is 2.92 bits per heavy atom. The Bertz CT molecular complexity index is 308. The second-order valence-corrected chi connectivity index (χ2v) is 3.49. The van der Waals surface area contributed by atoms with Crippen LogP contribution in [-0.2, 0) is 0 Å². The third kappa shape index (κ3) is 3.37. The van der Waals surface area contributed by atoms with Crippen molar-refractivity contribution in [2.24, 2.45) is 0 Å². The van der Waals surface area contributed by atoms with Crippen LogP contribution < -0.4 is 0 Å². The van der Waals surface area contributed by atoms with Gasteiger partial charge < -0.3 is 0 Å². The van der Waals surface area contributed by atoms with Crippen LogP contribution in [0.5, 0.6) is 0 Å². The maximum Gasteiger partial charge on any atom is 0.131 e. The minimum Gasteiger partial charge on any atom is -0.244 e. The third-order valence-electron chi connectivity index (χ3n) is 1.62. The first-order valence-corrected chi connectivity index (χ1v) is 5.00. The summed E-state index contributed by atoms with van der Waals surface area (Å²) in [5.41, 5.74) is 2.06. The smallest absolute Gasteiger partial charge is 0.131 e. The van der Waals surface area contributed by atoms with Crippen molar-refractivity contribution in [1.82, 2.24) is 4.98 Å². The molecule has 0 radical (unpaired) electrons. The summed E-state index contributed by atoms with van der Waals surface area (Å²) in [7, 11) is 0. The number of aryl methyl sites for hydroxylation is 1. The summed E-state index contributed by atoms with van der Waals surface area (Å²) in [4.78, 5) is 4.04. The zero-order valence-electron chi connectivity index (χ0n) is 7.43. The molecule has 13 heavy (non-hydrogen) atoms. The van der Waals surface area contributed by atoms with Crippen LogP contribution in [0.1, 0.15) is 17.5 Å². The minimum absolute atomic E-state index is 0.564. The van der Waals surface area contributed by atoms with E-state index in [1.807, 2.05) is 25.1 Å². The Kier molecular flexibility index (Phi) is 4.26. The van der Waals surface area contributed by atoms with Gasteiger partial charge in [0.25, 0.3) is 0 Å². The fourth-order valence-electron chi connectivity index (χ4n) is 0.953. The van der Waals surface area contributed by atoms with E-state index in [4.69, 9.17) is 23.2 Å². The predicted molar refractivity (Wildman–Crippen MR) is 58.4 cm³/mol. The molecule has 0 bridgehead atoms. The van der Waals surface area contributed by atoms with Crippen LogP contribution in [0.4, 0.5) is 0 Å². The Morgan fingerprint density at radius 2 is 2.31 bits per heavy atom. The maximum atomic E-state index is 5.79. The van der Waals surface area contributed by atoms with Gasteiger partial charge in [-0.3, -0.25) is 0 Å². The van der Waals surface area contributed by atoms with Gasteiger partial charge in [-0.1, -0.05) is 23.8 Å². The van der Waals surface area contributed by atoms with Crippen molar-refractivity contribution in [3.63, 3.8) is 0 Å². The lowest BCUT2D eigenvalue weighted by Crippen LogP contribution is -1.82. The summed E-state index contributed by atoms with van der Waals surface area (Å²) in [5, 5.41) is 0.564. The van der Waals surface area contributed by atoms with Gasteiger partial charge in [0.1, 0.15) is 5.15 Å². The molecule has 0 N–H and O–H groups in total. The number of rotatable bonds is 3. The van der Waals surface area contributed by atoms with Crippen molar-refractivity contribution < 1.29 is 0 Å². The zero-order chi connectivity index (χ0) is 9.68. The molecule has 0 atom stereocenters. The summed E-state index contributed by atoms with van der Waals surface area (Å²) >= 11 is 11.3. The molecule has 1 rings (SSSR count). The van der Waals surface area contributed by atoms with E-state index < -0.39 is 0 Å². The van der Waals surface area contributed by atoms with E-state index in [9.17, 15) is 0 Å². The second-order valence-electron chi connectivity index (χ2n) is 2.76. The first-order valence-electron chi connectivity index (χ1n) is 4.08. The molecule has 3 heteroatoms. The van der Waals surface area contributed by atoms with Crippen molar-refractivity contribution in [1.29, 1.82) is 0 Å². The first kappa shape index (κ1) is 10.6. The number of halogens is 2.